The summed E-state index contributed by atoms with van der Waals surface area (Å²) in [6.07, 6.45) is -4.35. The van der Waals surface area contributed by atoms with Crippen molar-refractivity contribution in [3.05, 3.63) is 40.3 Å². The molecular formula is C11H9F3N4O3. The summed E-state index contributed by atoms with van der Waals surface area (Å²) >= 11 is 0. The van der Waals surface area contributed by atoms with Crippen molar-refractivity contribution in [3.8, 4) is 11.4 Å². The molecule has 2 rings (SSSR count). The maximum absolute atomic E-state index is 12.0. The van der Waals surface area contributed by atoms with E-state index >= 15 is 0 Å². The number of alkyl halides is 3. The third kappa shape index (κ3) is 3.99. The largest absolute Gasteiger partial charge is 0.401 e. The fraction of sp³-hybridized carbons (Fsp3) is 0.273. The zero-order valence-electron chi connectivity index (χ0n) is 10.4. The smallest absolute Gasteiger partial charge is 0.338 e. The summed E-state index contributed by atoms with van der Waals surface area (Å²) in [5.41, 5.74) is -0.0820. The molecule has 0 fully saturated rings. The second kappa shape index (κ2) is 5.87. The minimum absolute atomic E-state index is 0.0499. The Morgan fingerprint density at radius 3 is 2.71 bits per heavy atom. The van der Waals surface area contributed by atoms with E-state index in [0.717, 1.165) is 0 Å². The molecule has 0 saturated carbocycles. The molecule has 0 amide bonds. The van der Waals surface area contributed by atoms with Gasteiger partial charge >= 0.3 is 6.18 Å². The van der Waals surface area contributed by atoms with Crippen molar-refractivity contribution >= 4 is 5.69 Å². The Bertz CT molecular complexity index is 642. The van der Waals surface area contributed by atoms with Crippen LogP contribution in [-0.4, -0.2) is 27.8 Å². The maximum Gasteiger partial charge on any atom is 0.401 e. The van der Waals surface area contributed by atoms with Gasteiger partial charge in [0.2, 0.25) is 11.7 Å². The summed E-state index contributed by atoms with van der Waals surface area (Å²) < 4.78 is 40.7. The zero-order chi connectivity index (χ0) is 15.5. The molecular weight excluding hydrogens is 293 g/mol. The zero-order valence-corrected chi connectivity index (χ0v) is 10.4. The van der Waals surface area contributed by atoms with E-state index in [1.807, 2.05) is 0 Å². The van der Waals surface area contributed by atoms with Crippen LogP contribution in [0, 0.1) is 10.1 Å². The van der Waals surface area contributed by atoms with Gasteiger partial charge in [-0.05, 0) is 6.07 Å². The number of hydrogen-bond donors (Lipinski definition) is 1. The Hall–Kier alpha value is -2.49. The number of para-hydroxylation sites is 1. The minimum Gasteiger partial charge on any atom is -0.338 e. The third-order valence-corrected chi connectivity index (χ3v) is 2.41. The quantitative estimate of drug-likeness (QED) is 0.672. The van der Waals surface area contributed by atoms with Crippen molar-refractivity contribution in [2.45, 2.75) is 12.7 Å². The second-order valence-electron chi connectivity index (χ2n) is 4.00. The van der Waals surface area contributed by atoms with Crippen LogP contribution in [0.15, 0.2) is 28.8 Å². The van der Waals surface area contributed by atoms with E-state index in [2.05, 4.69) is 15.5 Å². The molecule has 0 bridgehead atoms. The first-order chi connectivity index (χ1) is 9.87. The van der Waals surface area contributed by atoms with Gasteiger partial charge in [-0.2, -0.15) is 18.2 Å². The van der Waals surface area contributed by atoms with Crippen molar-refractivity contribution in [2.24, 2.45) is 0 Å². The van der Waals surface area contributed by atoms with Crippen molar-refractivity contribution in [3.63, 3.8) is 0 Å². The lowest BCUT2D eigenvalue weighted by Gasteiger charge is -2.05. The van der Waals surface area contributed by atoms with Crippen molar-refractivity contribution in [1.29, 1.82) is 0 Å². The molecule has 1 heterocycles. The molecule has 0 aliphatic heterocycles. The molecule has 0 aliphatic carbocycles. The summed E-state index contributed by atoms with van der Waals surface area (Å²) in [6.45, 7) is -1.48. The fourth-order valence-corrected chi connectivity index (χ4v) is 1.57. The highest BCUT2D eigenvalue weighted by Crippen LogP contribution is 2.26. The average Bonchev–Trinajstić information content (AvgIpc) is 2.86. The number of hydrogen-bond acceptors (Lipinski definition) is 6. The highest BCUT2D eigenvalue weighted by molar-refractivity contribution is 5.67. The SMILES string of the molecule is O=[N+]([O-])c1ccccc1-c1noc(CNCC(F)(F)F)n1. The molecule has 0 atom stereocenters. The van der Waals surface area contributed by atoms with Gasteiger partial charge in [0, 0.05) is 6.07 Å². The van der Waals surface area contributed by atoms with E-state index < -0.39 is 17.6 Å². The summed E-state index contributed by atoms with van der Waals surface area (Å²) in [5.74, 6) is -0.140. The molecule has 10 heteroatoms. The number of nitro benzene ring substituents is 1. The van der Waals surface area contributed by atoms with E-state index in [1.54, 1.807) is 6.07 Å². The summed E-state index contributed by atoms with van der Waals surface area (Å²) in [6, 6.07) is 5.73. The molecule has 1 N–H and O–H groups in total. The number of benzene rings is 1. The lowest BCUT2D eigenvalue weighted by Crippen LogP contribution is -2.28. The van der Waals surface area contributed by atoms with Crippen LogP contribution < -0.4 is 5.32 Å². The average molecular weight is 302 g/mol. The lowest BCUT2D eigenvalue weighted by atomic mass is 10.2. The molecule has 0 aliphatic rings. The third-order valence-electron chi connectivity index (χ3n) is 2.41. The molecule has 0 radical (unpaired) electrons. The molecule has 7 nitrogen and oxygen atoms in total. The number of aromatic nitrogens is 2. The Morgan fingerprint density at radius 2 is 2.05 bits per heavy atom. The van der Waals surface area contributed by atoms with Gasteiger partial charge in [-0.1, -0.05) is 17.3 Å². The van der Waals surface area contributed by atoms with Crippen LogP contribution in [0.25, 0.3) is 11.4 Å². The minimum atomic E-state index is -4.35. The normalized spacial score (nSPS) is 11.6. The van der Waals surface area contributed by atoms with Crippen LogP contribution in [0.4, 0.5) is 18.9 Å². The molecule has 0 unspecified atom stereocenters. The highest BCUT2D eigenvalue weighted by Gasteiger charge is 2.26. The van der Waals surface area contributed by atoms with Crippen LogP contribution in [0.2, 0.25) is 0 Å². The fourth-order valence-electron chi connectivity index (χ4n) is 1.57. The molecule has 1 aromatic heterocycles. The van der Waals surface area contributed by atoms with Crippen molar-refractivity contribution in [1.82, 2.24) is 15.5 Å². The van der Waals surface area contributed by atoms with Crippen LogP contribution in [0.3, 0.4) is 0 Å². The van der Waals surface area contributed by atoms with Gasteiger partial charge < -0.3 is 9.84 Å². The molecule has 0 spiro atoms. The predicted octanol–water partition coefficient (Wildman–Crippen LogP) is 2.30. The Morgan fingerprint density at radius 1 is 1.33 bits per heavy atom. The summed E-state index contributed by atoms with van der Waals surface area (Å²) in [4.78, 5) is 14.1. The topological polar surface area (TPSA) is 94.1 Å². The highest BCUT2D eigenvalue weighted by atomic mass is 19.4. The Balaban J connectivity index is 2.12. The predicted molar refractivity (Wildman–Crippen MR) is 64.2 cm³/mol. The van der Waals surface area contributed by atoms with Gasteiger partial charge in [0.25, 0.3) is 5.69 Å². The monoisotopic (exact) mass is 302 g/mol. The number of nitro groups is 1. The first-order valence-electron chi connectivity index (χ1n) is 5.70. The maximum atomic E-state index is 12.0. The van der Waals surface area contributed by atoms with Gasteiger partial charge in [0.15, 0.2) is 0 Å². The van der Waals surface area contributed by atoms with Crippen LogP contribution in [0.5, 0.6) is 0 Å². The summed E-state index contributed by atoms with van der Waals surface area (Å²) in [5, 5.41) is 16.5. The molecule has 2 aromatic rings. The first kappa shape index (κ1) is 14.9. The Kier molecular flexibility index (Phi) is 4.17. The number of rotatable bonds is 5. The van der Waals surface area contributed by atoms with Crippen LogP contribution in [0.1, 0.15) is 5.89 Å². The first-order valence-corrected chi connectivity index (χ1v) is 5.70. The van der Waals surface area contributed by atoms with E-state index in [1.165, 1.54) is 18.2 Å². The van der Waals surface area contributed by atoms with E-state index in [9.17, 15) is 23.3 Å². The van der Waals surface area contributed by atoms with Crippen molar-refractivity contribution in [2.75, 3.05) is 6.54 Å². The number of halogens is 3. The van der Waals surface area contributed by atoms with Crippen molar-refractivity contribution < 1.29 is 22.6 Å². The Labute approximate surface area is 115 Å². The van der Waals surface area contributed by atoms with Crippen LogP contribution >= 0.6 is 0 Å². The summed E-state index contributed by atoms with van der Waals surface area (Å²) in [7, 11) is 0. The van der Waals surface area contributed by atoms with Gasteiger partial charge in [-0.15, -0.1) is 0 Å². The lowest BCUT2D eigenvalue weighted by molar-refractivity contribution is -0.384. The van der Waals surface area contributed by atoms with E-state index in [4.69, 9.17) is 4.52 Å². The van der Waals surface area contributed by atoms with E-state index in [-0.39, 0.29) is 29.5 Å². The van der Waals surface area contributed by atoms with Gasteiger partial charge in [0.1, 0.15) is 5.56 Å². The molecule has 1 aromatic carbocycles. The van der Waals surface area contributed by atoms with Gasteiger partial charge in [-0.3, -0.25) is 10.1 Å². The standard InChI is InChI=1S/C11H9F3N4O3/c12-11(13,14)6-15-5-9-16-10(17-21-9)7-3-1-2-4-8(7)18(19)20/h1-4,15H,5-6H2. The molecule has 0 saturated heterocycles. The van der Waals surface area contributed by atoms with Gasteiger partial charge in [-0.25, -0.2) is 0 Å². The van der Waals surface area contributed by atoms with Gasteiger partial charge in [0.05, 0.1) is 18.0 Å². The number of nitrogens with zero attached hydrogens (tertiary/aromatic N) is 3. The van der Waals surface area contributed by atoms with Crippen LogP contribution in [-0.2, 0) is 6.54 Å². The van der Waals surface area contributed by atoms with E-state index in [0.29, 0.717) is 0 Å². The second-order valence-corrected chi connectivity index (χ2v) is 4.00. The number of nitrogens with one attached hydrogen (secondary N) is 1. The molecule has 112 valence electrons. The molecule has 21 heavy (non-hydrogen) atoms.